The molecule has 3 heteroatoms. The predicted octanol–water partition coefficient (Wildman–Crippen LogP) is 3.52. The number of amides is 1. The molecule has 1 saturated carbocycles. The van der Waals surface area contributed by atoms with Crippen molar-refractivity contribution < 1.29 is 9.53 Å². The molecule has 0 aromatic rings. The molecule has 3 nitrogen and oxygen atoms in total. The standard InChI is InChI=1S/C16H31NO2/c1-5-16(3,4)13-7-9-14(10-8-13)17-15(18)11-12-19-6-2/h13-14H,5-12H2,1-4H3,(H,17,18). The van der Waals surface area contributed by atoms with Gasteiger partial charge < -0.3 is 10.1 Å². The SMILES string of the molecule is CCOCCC(=O)NC1CCC(C(C)(C)CC)CC1. The van der Waals surface area contributed by atoms with Crippen LogP contribution in [0.2, 0.25) is 0 Å². The molecule has 1 rings (SSSR count). The summed E-state index contributed by atoms with van der Waals surface area (Å²) in [5.74, 6) is 0.959. The number of nitrogens with one attached hydrogen (secondary N) is 1. The minimum atomic E-state index is 0.145. The lowest BCUT2D eigenvalue weighted by atomic mass is 9.69. The van der Waals surface area contributed by atoms with Gasteiger partial charge in [-0.25, -0.2) is 0 Å². The fraction of sp³-hybridized carbons (Fsp3) is 0.938. The molecule has 1 aliphatic rings. The number of rotatable bonds is 7. The highest BCUT2D eigenvalue weighted by Gasteiger charge is 2.32. The lowest BCUT2D eigenvalue weighted by Gasteiger charge is -2.39. The van der Waals surface area contributed by atoms with Crippen LogP contribution in [0.3, 0.4) is 0 Å². The number of ether oxygens (including phenoxy) is 1. The Balaban J connectivity index is 2.25. The Morgan fingerprint density at radius 2 is 1.84 bits per heavy atom. The van der Waals surface area contributed by atoms with Crippen LogP contribution in [0.25, 0.3) is 0 Å². The molecular weight excluding hydrogens is 238 g/mol. The van der Waals surface area contributed by atoms with E-state index in [1.54, 1.807) is 0 Å². The Morgan fingerprint density at radius 3 is 2.37 bits per heavy atom. The van der Waals surface area contributed by atoms with Gasteiger partial charge in [-0.3, -0.25) is 4.79 Å². The summed E-state index contributed by atoms with van der Waals surface area (Å²) in [6.07, 6.45) is 6.49. The molecule has 0 aromatic heterocycles. The molecular formula is C16H31NO2. The summed E-state index contributed by atoms with van der Waals surface area (Å²) in [6, 6.07) is 0.387. The zero-order chi connectivity index (χ0) is 14.3. The summed E-state index contributed by atoms with van der Waals surface area (Å²) in [7, 11) is 0. The summed E-state index contributed by atoms with van der Waals surface area (Å²) in [6.45, 7) is 10.2. The first-order chi connectivity index (χ1) is 8.99. The van der Waals surface area contributed by atoms with Crippen molar-refractivity contribution in [3.05, 3.63) is 0 Å². The summed E-state index contributed by atoms with van der Waals surface area (Å²) >= 11 is 0. The van der Waals surface area contributed by atoms with Crippen LogP contribution in [0.15, 0.2) is 0 Å². The van der Waals surface area contributed by atoms with Crippen molar-refractivity contribution in [2.24, 2.45) is 11.3 Å². The molecule has 1 fully saturated rings. The van der Waals surface area contributed by atoms with Crippen LogP contribution < -0.4 is 5.32 Å². The second-order valence-corrected chi connectivity index (χ2v) is 6.41. The zero-order valence-electron chi connectivity index (χ0n) is 13.1. The first-order valence-corrected chi connectivity index (χ1v) is 7.86. The summed E-state index contributed by atoms with van der Waals surface area (Å²) in [4.78, 5) is 11.7. The monoisotopic (exact) mass is 269 g/mol. The van der Waals surface area contributed by atoms with Crippen LogP contribution in [0, 0.1) is 11.3 Å². The molecule has 1 amide bonds. The quantitative estimate of drug-likeness (QED) is 0.718. The van der Waals surface area contributed by atoms with E-state index in [-0.39, 0.29) is 5.91 Å². The van der Waals surface area contributed by atoms with Crippen molar-refractivity contribution in [1.82, 2.24) is 5.32 Å². The normalized spacial score (nSPS) is 24.2. The van der Waals surface area contributed by atoms with Crippen molar-refractivity contribution in [3.8, 4) is 0 Å². The van der Waals surface area contributed by atoms with Crippen molar-refractivity contribution >= 4 is 5.91 Å². The second-order valence-electron chi connectivity index (χ2n) is 6.41. The first kappa shape index (κ1) is 16.5. The van der Waals surface area contributed by atoms with Gasteiger partial charge >= 0.3 is 0 Å². The van der Waals surface area contributed by atoms with Crippen LogP contribution in [0.4, 0.5) is 0 Å². The van der Waals surface area contributed by atoms with Gasteiger partial charge in [0.15, 0.2) is 0 Å². The third-order valence-corrected chi connectivity index (χ3v) is 4.79. The molecule has 0 spiro atoms. The van der Waals surface area contributed by atoms with E-state index >= 15 is 0 Å². The van der Waals surface area contributed by atoms with Gasteiger partial charge in [0.2, 0.25) is 5.91 Å². The molecule has 0 saturated heterocycles. The van der Waals surface area contributed by atoms with Crippen molar-refractivity contribution in [3.63, 3.8) is 0 Å². The lowest BCUT2D eigenvalue weighted by Crippen LogP contribution is -2.40. The Morgan fingerprint density at radius 1 is 1.21 bits per heavy atom. The molecule has 0 radical (unpaired) electrons. The minimum absolute atomic E-state index is 0.145. The Bertz CT molecular complexity index is 268. The molecule has 112 valence electrons. The van der Waals surface area contributed by atoms with Gasteiger partial charge in [-0.2, -0.15) is 0 Å². The largest absolute Gasteiger partial charge is 0.381 e. The maximum Gasteiger partial charge on any atom is 0.222 e. The maximum atomic E-state index is 11.7. The van der Waals surface area contributed by atoms with E-state index in [0.717, 1.165) is 18.8 Å². The fourth-order valence-corrected chi connectivity index (χ4v) is 2.92. The van der Waals surface area contributed by atoms with Crippen LogP contribution in [-0.4, -0.2) is 25.2 Å². The maximum absolute atomic E-state index is 11.7. The van der Waals surface area contributed by atoms with E-state index in [4.69, 9.17) is 4.74 Å². The topological polar surface area (TPSA) is 38.3 Å². The molecule has 0 aromatic carbocycles. The van der Waals surface area contributed by atoms with E-state index in [1.165, 1.54) is 19.3 Å². The third kappa shape index (κ3) is 5.52. The van der Waals surface area contributed by atoms with E-state index < -0.39 is 0 Å². The third-order valence-electron chi connectivity index (χ3n) is 4.79. The average Bonchev–Trinajstić information content (AvgIpc) is 2.39. The Kier molecular flexibility index (Phi) is 6.84. The van der Waals surface area contributed by atoms with Gasteiger partial charge in [-0.1, -0.05) is 27.2 Å². The highest BCUT2D eigenvalue weighted by molar-refractivity contribution is 5.76. The molecule has 0 unspecified atom stereocenters. The first-order valence-electron chi connectivity index (χ1n) is 7.86. The van der Waals surface area contributed by atoms with E-state index in [9.17, 15) is 4.79 Å². The van der Waals surface area contributed by atoms with Gasteiger partial charge in [0, 0.05) is 19.1 Å². The van der Waals surface area contributed by atoms with Crippen LogP contribution >= 0.6 is 0 Å². The van der Waals surface area contributed by atoms with E-state index in [1.807, 2.05) is 6.92 Å². The highest BCUT2D eigenvalue weighted by Crippen LogP contribution is 2.40. The summed E-state index contributed by atoms with van der Waals surface area (Å²) in [5, 5.41) is 3.15. The number of carbonyl (C=O) groups excluding carboxylic acids is 1. The molecule has 0 aliphatic heterocycles. The highest BCUT2D eigenvalue weighted by atomic mass is 16.5. The van der Waals surface area contributed by atoms with Gasteiger partial charge in [0.25, 0.3) is 0 Å². The zero-order valence-corrected chi connectivity index (χ0v) is 13.1. The Hall–Kier alpha value is -0.570. The second kappa shape index (κ2) is 7.88. The fourth-order valence-electron chi connectivity index (χ4n) is 2.92. The van der Waals surface area contributed by atoms with Crippen LogP contribution in [0.5, 0.6) is 0 Å². The summed E-state index contributed by atoms with van der Waals surface area (Å²) in [5.41, 5.74) is 0.448. The molecule has 19 heavy (non-hydrogen) atoms. The van der Waals surface area contributed by atoms with Gasteiger partial charge in [0.05, 0.1) is 6.61 Å². The van der Waals surface area contributed by atoms with Gasteiger partial charge in [0.1, 0.15) is 0 Å². The molecule has 0 atom stereocenters. The van der Waals surface area contributed by atoms with Crippen molar-refractivity contribution in [1.29, 1.82) is 0 Å². The van der Waals surface area contributed by atoms with Crippen molar-refractivity contribution in [2.45, 2.75) is 72.3 Å². The average molecular weight is 269 g/mol. The lowest BCUT2D eigenvalue weighted by molar-refractivity contribution is -0.123. The molecule has 0 heterocycles. The molecule has 1 N–H and O–H groups in total. The number of carbonyl (C=O) groups is 1. The minimum Gasteiger partial charge on any atom is -0.381 e. The molecule has 0 bridgehead atoms. The van der Waals surface area contributed by atoms with Gasteiger partial charge in [-0.05, 0) is 43.9 Å². The van der Waals surface area contributed by atoms with Crippen molar-refractivity contribution in [2.75, 3.05) is 13.2 Å². The summed E-state index contributed by atoms with van der Waals surface area (Å²) < 4.78 is 5.21. The van der Waals surface area contributed by atoms with Crippen LogP contribution in [0.1, 0.15) is 66.2 Å². The number of hydrogen-bond acceptors (Lipinski definition) is 2. The molecule has 1 aliphatic carbocycles. The van der Waals surface area contributed by atoms with Crippen LogP contribution in [-0.2, 0) is 9.53 Å². The Labute approximate surface area is 118 Å². The van der Waals surface area contributed by atoms with Gasteiger partial charge in [-0.15, -0.1) is 0 Å². The number of hydrogen-bond donors (Lipinski definition) is 1. The smallest absolute Gasteiger partial charge is 0.222 e. The predicted molar refractivity (Wildman–Crippen MR) is 79.1 cm³/mol. The van der Waals surface area contributed by atoms with E-state index in [2.05, 4.69) is 26.1 Å². The van der Waals surface area contributed by atoms with E-state index in [0.29, 0.717) is 31.1 Å².